The lowest BCUT2D eigenvalue weighted by Crippen LogP contribution is -2.45. The van der Waals surface area contributed by atoms with Gasteiger partial charge in [0.15, 0.2) is 5.82 Å². The second-order valence-corrected chi connectivity index (χ2v) is 8.66. The van der Waals surface area contributed by atoms with Crippen molar-refractivity contribution in [1.82, 2.24) is 19.9 Å². The molecule has 1 fully saturated rings. The van der Waals surface area contributed by atoms with Gasteiger partial charge in [-0.05, 0) is 40.3 Å². The summed E-state index contributed by atoms with van der Waals surface area (Å²) < 4.78 is 25.2. The number of nitrogens with one attached hydrogen (secondary N) is 1. The Morgan fingerprint density at radius 1 is 1.20 bits per heavy atom. The molecule has 0 unspecified atom stereocenters. The van der Waals surface area contributed by atoms with Crippen LogP contribution in [0.15, 0.2) is 42.6 Å². The molecule has 3 aromatic rings. The smallest absolute Gasteiger partial charge is 0.228 e. The minimum absolute atomic E-state index is 0. The Kier molecular flexibility index (Phi) is 8.70. The molecule has 0 spiro atoms. The first kappa shape index (κ1) is 26.0. The highest BCUT2D eigenvalue weighted by Gasteiger charge is 2.31. The molecule has 3 heterocycles. The molecule has 0 aliphatic carbocycles. The summed E-state index contributed by atoms with van der Waals surface area (Å²) in [5.41, 5.74) is 9.49. The van der Waals surface area contributed by atoms with Gasteiger partial charge < -0.3 is 25.5 Å². The molecule has 35 heavy (non-hydrogen) atoms. The van der Waals surface area contributed by atoms with Gasteiger partial charge in [-0.1, -0.05) is 29.8 Å². The third kappa shape index (κ3) is 6.95. The molecule has 3 N–H and O–H groups in total. The van der Waals surface area contributed by atoms with Crippen LogP contribution in [0.1, 0.15) is 33.0 Å². The van der Waals surface area contributed by atoms with Crippen LogP contribution in [0.25, 0.3) is 11.4 Å². The third-order valence-electron chi connectivity index (χ3n) is 5.64. The highest BCUT2D eigenvalue weighted by molar-refractivity contribution is 6.02. The van der Waals surface area contributed by atoms with Gasteiger partial charge in [-0.25, -0.2) is 9.37 Å². The molecule has 190 valence electrons. The van der Waals surface area contributed by atoms with Crippen LogP contribution in [0.3, 0.4) is 0 Å². The van der Waals surface area contributed by atoms with Gasteiger partial charge in [-0.2, -0.15) is 4.98 Å². The highest BCUT2D eigenvalue weighted by Crippen LogP contribution is 2.29. The van der Waals surface area contributed by atoms with Crippen molar-refractivity contribution in [2.45, 2.75) is 39.5 Å². The largest absolute Gasteiger partial charge is 0.497 e. The van der Waals surface area contributed by atoms with Gasteiger partial charge in [-0.3, -0.25) is 4.98 Å². The number of halogens is 1. The molecule has 0 saturated carbocycles. The molecular weight excluding hydrogens is 447 g/mol. The van der Waals surface area contributed by atoms with Crippen molar-refractivity contribution in [3.63, 3.8) is 0 Å². The van der Waals surface area contributed by atoms with E-state index in [1.165, 1.54) is 0 Å². The minimum atomic E-state index is -1.12. The minimum Gasteiger partial charge on any atom is -0.497 e. The molecule has 2 atom stereocenters. The lowest BCUT2D eigenvalue weighted by atomic mass is 10.1. The van der Waals surface area contributed by atoms with E-state index in [1.807, 2.05) is 62.2 Å². The average molecular weight is 485 g/mol. The van der Waals surface area contributed by atoms with E-state index in [1.54, 1.807) is 20.2 Å². The Labute approximate surface area is 208 Å². The first-order valence-corrected chi connectivity index (χ1v) is 11.4. The summed E-state index contributed by atoms with van der Waals surface area (Å²) in [4.78, 5) is 14.7. The lowest BCUT2D eigenvalue weighted by Gasteiger charge is -2.32. The highest BCUT2D eigenvalue weighted by atomic mass is 19.1. The predicted molar refractivity (Wildman–Crippen MR) is 140 cm³/mol. The summed E-state index contributed by atoms with van der Waals surface area (Å²) in [5.74, 6) is 1.62. The molecule has 1 aliphatic rings. The number of hydrogen-bond acceptors (Lipinski definition) is 8. The number of nitrogens with two attached hydrogens (primary N) is 1. The van der Waals surface area contributed by atoms with Gasteiger partial charge in [0.2, 0.25) is 5.88 Å². The van der Waals surface area contributed by atoms with Gasteiger partial charge in [0.05, 0.1) is 12.7 Å². The van der Waals surface area contributed by atoms with Crippen LogP contribution in [0.4, 0.5) is 10.2 Å². The Balaban J connectivity index is 0.000000530. The number of nitrogens with zero attached hydrogens (tertiary/aromatic N) is 4. The number of hydrogen-bond donors (Lipinski definition) is 2. The fourth-order valence-electron chi connectivity index (χ4n) is 3.68. The molecule has 0 amide bonds. The second kappa shape index (κ2) is 11.7. The van der Waals surface area contributed by atoms with E-state index in [2.05, 4.69) is 15.0 Å². The van der Waals surface area contributed by atoms with E-state index in [0.29, 0.717) is 24.4 Å². The summed E-state index contributed by atoms with van der Waals surface area (Å²) in [6, 6.07) is 11.4. The van der Waals surface area contributed by atoms with E-state index < -0.39 is 12.3 Å². The molecule has 4 rings (SSSR count). The predicted octanol–water partition coefficient (Wildman–Crippen LogP) is 4.73. The van der Waals surface area contributed by atoms with Gasteiger partial charge >= 0.3 is 0 Å². The van der Waals surface area contributed by atoms with Crippen molar-refractivity contribution in [2.75, 3.05) is 33.0 Å². The van der Waals surface area contributed by atoms with Crippen molar-refractivity contribution in [3.8, 4) is 23.0 Å². The maximum atomic E-state index is 14.4. The van der Waals surface area contributed by atoms with Crippen molar-refractivity contribution < 1.29 is 16.7 Å². The van der Waals surface area contributed by atoms with Crippen molar-refractivity contribution in [2.24, 2.45) is 0 Å². The lowest BCUT2D eigenvalue weighted by molar-refractivity contribution is 0.0286. The number of nitrogen functional groups attached to an aromatic ring is 1. The van der Waals surface area contributed by atoms with Crippen molar-refractivity contribution in [1.29, 1.82) is 5.41 Å². The SMILES string of the molecule is CC(=N)c1c(N)nc(-c2ccc(C)cc2)nc1O[C@@H]1CCN(C)C[C@@H]1F.COc1ccnc(C)c1.[HH].[HH]. The van der Waals surface area contributed by atoms with E-state index in [-0.39, 0.29) is 20.3 Å². The number of rotatable bonds is 5. The first-order valence-electron chi connectivity index (χ1n) is 11.4. The number of anilines is 1. The Bertz CT molecular complexity index is 1170. The van der Waals surface area contributed by atoms with Crippen molar-refractivity contribution >= 4 is 11.5 Å². The van der Waals surface area contributed by atoms with Gasteiger partial charge in [0.25, 0.3) is 0 Å². The van der Waals surface area contributed by atoms with E-state index in [0.717, 1.165) is 29.1 Å². The van der Waals surface area contributed by atoms with Crippen LogP contribution >= 0.6 is 0 Å². The molecule has 1 saturated heterocycles. The summed E-state index contributed by atoms with van der Waals surface area (Å²) in [5, 5.41) is 7.98. The number of methoxy groups -OCH3 is 1. The zero-order chi connectivity index (χ0) is 25.5. The van der Waals surface area contributed by atoms with Crippen LogP contribution in [-0.2, 0) is 0 Å². The van der Waals surface area contributed by atoms with Crippen LogP contribution in [-0.4, -0.2) is 65.1 Å². The van der Waals surface area contributed by atoms with Gasteiger partial charge in [-0.15, -0.1) is 0 Å². The number of benzene rings is 1. The number of alkyl halides is 1. The van der Waals surface area contributed by atoms with Crippen LogP contribution in [0.5, 0.6) is 11.6 Å². The quantitative estimate of drug-likeness (QED) is 0.504. The Morgan fingerprint density at radius 2 is 1.91 bits per heavy atom. The molecule has 0 bridgehead atoms. The Morgan fingerprint density at radius 3 is 2.49 bits per heavy atom. The van der Waals surface area contributed by atoms with E-state index in [9.17, 15) is 4.39 Å². The second-order valence-electron chi connectivity index (χ2n) is 8.66. The monoisotopic (exact) mass is 484 g/mol. The fraction of sp³-hybridized carbons (Fsp3) is 0.385. The number of aromatic nitrogens is 3. The standard InChI is InChI=1S/C19H24FN5O.C7H9NO.2H2/c1-11-4-6-13(7-5-11)18-23-17(22)16(12(2)21)19(24-18)26-15-8-9-25(3)10-14(15)20;1-6-5-7(9-2)3-4-8-6;;/h4-7,14-15,21H,8-10H2,1-3H3,(H2,22,23,24);3-5H,1-2H3;2*1H/t14-,15+;;;/m0.../s1. The van der Waals surface area contributed by atoms with E-state index >= 15 is 0 Å². The van der Waals surface area contributed by atoms with Crippen LogP contribution in [0.2, 0.25) is 0 Å². The number of piperidine rings is 1. The summed E-state index contributed by atoms with van der Waals surface area (Å²) in [6.07, 6.45) is 0.558. The average Bonchev–Trinajstić information content (AvgIpc) is 2.81. The molecular formula is C26H37FN6O2. The van der Waals surface area contributed by atoms with Gasteiger partial charge in [0.1, 0.15) is 23.8 Å². The number of aryl methyl sites for hydroxylation is 2. The molecule has 8 nitrogen and oxygen atoms in total. The third-order valence-corrected chi connectivity index (χ3v) is 5.64. The van der Waals surface area contributed by atoms with Crippen LogP contribution in [0, 0.1) is 19.3 Å². The first-order chi connectivity index (χ1) is 16.7. The number of ether oxygens (including phenoxy) is 2. The maximum Gasteiger partial charge on any atom is 0.228 e. The fourth-order valence-corrected chi connectivity index (χ4v) is 3.68. The Hall–Kier alpha value is -3.59. The van der Waals surface area contributed by atoms with Crippen LogP contribution < -0.4 is 15.2 Å². The normalized spacial score (nSPS) is 17.8. The molecule has 2 aromatic heterocycles. The molecule has 1 aromatic carbocycles. The zero-order valence-electron chi connectivity index (χ0n) is 20.9. The topological polar surface area (TPSA) is 110 Å². The summed E-state index contributed by atoms with van der Waals surface area (Å²) in [6.45, 7) is 6.58. The molecule has 0 radical (unpaired) electrons. The molecule has 9 heteroatoms. The number of likely N-dealkylation sites (tertiary alicyclic amines) is 1. The maximum absolute atomic E-state index is 14.4. The summed E-state index contributed by atoms with van der Waals surface area (Å²) >= 11 is 0. The van der Waals surface area contributed by atoms with Crippen molar-refractivity contribution in [3.05, 3.63) is 59.4 Å². The zero-order valence-corrected chi connectivity index (χ0v) is 20.9. The summed E-state index contributed by atoms with van der Waals surface area (Å²) in [7, 11) is 3.53. The van der Waals surface area contributed by atoms with Gasteiger partial charge in [0, 0.05) is 45.2 Å². The number of pyridine rings is 1. The van der Waals surface area contributed by atoms with E-state index in [4.69, 9.17) is 20.6 Å². The molecule has 1 aliphatic heterocycles.